The van der Waals surface area contributed by atoms with Crippen molar-refractivity contribution < 1.29 is 18.3 Å². The maximum atomic E-state index is 12.8. The molecular formula is C10H13F2N3O2. The zero-order valence-electron chi connectivity index (χ0n) is 9.24. The molecule has 0 atom stereocenters. The number of pyridine rings is 1. The second kappa shape index (κ2) is 5.53. The van der Waals surface area contributed by atoms with Crippen LogP contribution in [0.2, 0.25) is 0 Å². The molecule has 0 saturated heterocycles. The Morgan fingerprint density at radius 3 is 2.71 bits per heavy atom. The second-order valence-corrected chi connectivity index (χ2v) is 3.18. The van der Waals surface area contributed by atoms with Crippen molar-refractivity contribution in [2.45, 2.75) is 19.9 Å². The zero-order chi connectivity index (χ0) is 13.0. The van der Waals surface area contributed by atoms with Gasteiger partial charge < -0.3 is 16.2 Å². The van der Waals surface area contributed by atoms with Gasteiger partial charge in [-0.3, -0.25) is 0 Å². The van der Waals surface area contributed by atoms with Crippen molar-refractivity contribution in [2.75, 3.05) is 12.3 Å². The van der Waals surface area contributed by atoms with Crippen LogP contribution in [0.1, 0.15) is 35.0 Å². The number of nitrogen functional groups attached to an aromatic ring is 1. The van der Waals surface area contributed by atoms with E-state index < -0.39 is 18.0 Å². The monoisotopic (exact) mass is 245 g/mol. The molecule has 17 heavy (non-hydrogen) atoms. The number of halogens is 2. The minimum absolute atomic E-state index is 0.0127. The van der Waals surface area contributed by atoms with Crippen molar-refractivity contribution in [3.05, 3.63) is 22.9 Å². The average molecular weight is 245 g/mol. The number of hydrogen-bond acceptors (Lipinski definition) is 5. The van der Waals surface area contributed by atoms with Gasteiger partial charge in [-0.25, -0.2) is 18.6 Å². The minimum atomic E-state index is -2.84. The molecule has 0 aliphatic heterocycles. The smallest absolute Gasteiger partial charge is 0.340 e. The molecule has 1 rings (SSSR count). The van der Waals surface area contributed by atoms with E-state index in [9.17, 15) is 13.6 Å². The summed E-state index contributed by atoms with van der Waals surface area (Å²) in [6, 6.07) is 0.954. The van der Waals surface area contributed by atoms with Gasteiger partial charge in [-0.1, -0.05) is 0 Å². The normalized spacial score (nSPS) is 10.6. The topological polar surface area (TPSA) is 91.2 Å². The van der Waals surface area contributed by atoms with E-state index in [2.05, 4.69) is 4.98 Å². The molecule has 1 aromatic heterocycles. The highest BCUT2D eigenvalue weighted by molar-refractivity contribution is 5.92. The molecule has 0 aromatic carbocycles. The predicted molar refractivity (Wildman–Crippen MR) is 57.5 cm³/mol. The lowest BCUT2D eigenvalue weighted by Gasteiger charge is -2.12. The molecule has 0 saturated carbocycles. The van der Waals surface area contributed by atoms with Crippen LogP contribution in [0, 0.1) is 0 Å². The van der Waals surface area contributed by atoms with Crippen molar-refractivity contribution in [1.29, 1.82) is 0 Å². The van der Waals surface area contributed by atoms with Crippen molar-refractivity contribution in [3.63, 3.8) is 0 Å². The number of nitrogens with two attached hydrogens (primary N) is 2. The molecule has 0 fully saturated rings. The van der Waals surface area contributed by atoms with E-state index >= 15 is 0 Å². The fourth-order valence-electron chi connectivity index (χ4n) is 1.40. The largest absolute Gasteiger partial charge is 0.462 e. The Kier molecular flexibility index (Phi) is 4.33. The van der Waals surface area contributed by atoms with E-state index in [1.165, 1.54) is 0 Å². The van der Waals surface area contributed by atoms with Crippen LogP contribution in [-0.2, 0) is 11.3 Å². The molecular weight excluding hydrogens is 232 g/mol. The Bertz CT molecular complexity index is 424. The first kappa shape index (κ1) is 13.3. The molecule has 0 amide bonds. The van der Waals surface area contributed by atoms with E-state index in [-0.39, 0.29) is 30.2 Å². The summed E-state index contributed by atoms with van der Waals surface area (Å²) in [5.41, 5.74) is 9.93. The second-order valence-electron chi connectivity index (χ2n) is 3.18. The Morgan fingerprint density at radius 1 is 1.59 bits per heavy atom. The minimum Gasteiger partial charge on any atom is -0.462 e. The lowest BCUT2D eigenvalue weighted by molar-refractivity contribution is 0.0513. The molecule has 0 spiro atoms. The van der Waals surface area contributed by atoms with Crippen LogP contribution in [0.3, 0.4) is 0 Å². The number of aromatic nitrogens is 1. The molecule has 5 nitrogen and oxygen atoms in total. The molecule has 1 heterocycles. The molecule has 0 unspecified atom stereocenters. The summed E-state index contributed by atoms with van der Waals surface area (Å²) in [6.07, 6.45) is -2.84. The van der Waals surface area contributed by atoms with E-state index in [1.807, 2.05) is 0 Å². The van der Waals surface area contributed by atoms with Crippen LogP contribution in [0.4, 0.5) is 14.6 Å². The van der Waals surface area contributed by atoms with E-state index in [0.29, 0.717) is 0 Å². The summed E-state index contributed by atoms with van der Waals surface area (Å²) in [5, 5.41) is 0. The lowest BCUT2D eigenvalue weighted by atomic mass is 10.1. The third-order valence-corrected chi connectivity index (χ3v) is 2.05. The quantitative estimate of drug-likeness (QED) is 0.778. The summed E-state index contributed by atoms with van der Waals surface area (Å²) >= 11 is 0. The van der Waals surface area contributed by atoms with Gasteiger partial charge in [-0.2, -0.15) is 0 Å². The Balaban J connectivity index is 3.36. The number of alkyl halides is 2. The van der Waals surface area contributed by atoms with Crippen molar-refractivity contribution in [2.24, 2.45) is 5.73 Å². The number of carbonyl (C=O) groups is 1. The summed E-state index contributed by atoms with van der Waals surface area (Å²) in [7, 11) is 0. The number of esters is 1. The Labute approximate surface area is 96.8 Å². The van der Waals surface area contributed by atoms with Gasteiger partial charge in [0.1, 0.15) is 5.82 Å². The van der Waals surface area contributed by atoms with Gasteiger partial charge in [0.05, 0.1) is 17.9 Å². The first-order valence-electron chi connectivity index (χ1n) is 4.95. The van der Waals surface area contributed by atoms with E-state index in [4.69, 9.17) is 16.2 Å². The number of ether oxygens (including phenoxy) is 1. The van der Waals surface area contributed by atoms with E-state index in [0.717, 1.165) is 6.07 Å². The van der Waals surface area contributed by atoms with E-state index in [1.54, 1.807) is 6.92 Å². The summed E-state index contributed by atoms with van der Waals surface area (Å²) in [6.45, 7) is 1.49. The number of carbonyl (C=O) groups excluding carboxylic acids is 1. The summed E-state index contributed by atoms with van der Waals surface area (Å²) < 4.78 is 30.3. The van der Waals surface area contributed by atoms with Crippen molar-refractivity contribution in [3.8, 4) is 0 Å². The maximum absolute atomic E-state index is 12.8. The van der Waals surface area contributed by atoms with Gasteiger partial charge in [0.2, 0.25) is 0 Å². The van der Waals surface area contributed by atoms with Crippen LogP contribution in [-0.4, -0.2) is 17.6 Å². The Morgan fingerprint density at radius 2 is 2.24 bits per heavy atom. The van der Waals surface area contributed by atoms with Gasteiger partial charge in [-0.05, 0) is 13.0 Å². The van der Waals surface area contributed by atoms with Gasteiger partial charge >= 0.3 is 5.97 Å². The SMILES string of the molecule is CCOC(=O)c1c(C(F)F)cc(N)nc1CN. The molecule has 0 bridgehead atoms. The van der Waals surface area contributed by atoms with Crippen molar-refractivity contribution >= 4 is 11.8 Å². The van der Waals surface area contributed by atoms with Crippen LogP contribution >= 0.6 is 0 Å². The number of anilines is 1. The summed E-state index contributed by atoms with van der Waals surface area (Å²) in [4.78, 5) is 15.3. The maximum Gasteiger partial charge on any atom is 0.340 e. The zero-order valence-corrected chi connectivity index (χ0v) is 9.24. The van der Waals surface area contributed by atoms with Crippen molar-refractivity contribution in [1.82, 2.24) is 4.98 Å². The number of nitrogens with zero attached hydrogens (tertiary/aromatic N) is 1. The van der Waals surface area contributed by atoms with Crippen LogP contribution in [0.15, 0.2) is 6.07 Å². The third kappa shape index (κ3) is 2.88. The highest BCUT2D eigenvalue weighted by Crippen LogP contribution is 2.27. The lowest BCUT2D eigenvalue weighted by Crippen LogP contribution is -2.17. The molecule has 0 aliphatic rings. The Hall–Kier alpha value is -1.76. The van der Waals surface area contributed by atoms with Crippen LogP contribution in [0.5, 0.6) is 0 Å². The fraction of sp³-hybridized carbons (Fsp3) is 0.400. The highest BCUT2D eigenvalue weighted by Gasteiger charge is 2.24. The van der Waals surface area contributed by atoms with Gasteiger partial charge in [0.25, 0.3) is 6.43 Å². The molecule has 7 heteroatoms. The first-order chi connectivity index (χ1) is 8.01. The first-order valence-corrected chi connectivity index (χ1v) is 4.95. The molecule has 0 radical (unpaired) electrons. The van der Waals surface area contributed by atoms with Crippen LogP contribution < -0.4 is 11.5 Å². The third-order valence-electron chi connectivity index (χ3n) is 2.05. The molecule has 0 aliphatic carbocycles. The standard InChI is InChI=1S/C10H13F2N3O2/c1-2-17-10(16)8-5(9(11)12)3-7(14)15-6(8)4-13/h3,9H,2,4,13H2,1H3,(H2,14,15). The number of hydrogen-bond donors (Lipinski definition) is 2. The molecule has 4 N–H and O–H groups in total. The van der Waals surface area contributed by atoms with Crippen LogP contribution in [0.25, 0.3) is 0 Å². The summed E-state index contributed by atoms with van der Waals surface area (Å²) in [5.74, 6) is -0.968. The van der Waals surface area contributed by atoms with Gasteiger partial charge in [-0.15, -0.1) is 0 Å². The molecule has 1 aromatic rings. The fourth-order valence-corrected chi connectivity index (χ4v) is 1.40. The van der Waals surface area contributed by atoms with Gasteiger partial charge in [0, 0.05) is 12.1 Å². The number of rotatable bonds is 4. The van der Waals surface area contributed by atoms with Gasteiger partial charge in [0.15, 0.2) is 0 Å². The highest BCUT2D eigenvalue weighted by atomic mass is 19.3. The average Bonchev–Trinajstić information content (AvgIpc) is 2.27. The predicted octanol–water partition coefficient (Wildman–Crippen LogP) is 1.24. The molecule has 94 valence electrons.